The molecule has 1 unspecified atom stereocenters. The summed E-state index contributed by atoms with van der Waals surface area (Å²) in [5.41, 5.74) is 1.06. The van der Waals surface area contributed by atoms with Crippen molar-refractivity contribution in [3.63, 3.8) is 0 Å². The van der Waals surface area contributed by atoms with Crippen molar-refractivity contribution in [2.45, 2.75) is 26.2 Å². The standard InChI is InChI=1S/C14H17ClO2/c1-5-6-7-10(2)11-8-12(15)14(17-4)9-13(11)16-3/h8-10H,7H2,1-4H3. The monoisotopic (exact) mass is 252 g/mol. The van der Waals surface area contributed by atoms with E-state index in [0.717, 1.165) is 17.7 Å². The maximum atomic E-state index is 6.12. The third kappa shape index (κ3) is 3.31. The van der Waals surface area contributed by atoms with Crippen molar-refractivity contribution in [2.24, 2.45) is 0 Å². The summed E-state index contributed by atoms with van der Waals surface area (Å²) in [5, 5.41) is 0.597. The Balaban J connectivity index is 3.12. The van der Waals surface area contributed by atoms with E-state index in [1.165, 1.54) is 0 Å². The van der Waals surface area contributed by atoms with Crippen molar-refractivity contribution in [1.29, 1.82) is 0 Å². The summed E-state index contributed by atoms with van der Waals surface area (Å²) in [6.07, 6.45) is 0.787. The van der Waals surface area contributed by atoms with Gasteiger partial charge < -0.3 is 9.47 Å². The number of ether oxygens (including phenoxy) is 2. The fourth-order valence-electron chi connectivity index (χ4n) is 1.63. The number of benzene rings is 1. The largest absolute Gasteiger partial charge is 0.496 e. The van der Waals surface area contributed by atoms with Gasteiger partial charge in [0.2, 0.25) is 0 Å². The smallest absolute Gasteiger partial charge is 0.141 e. The topological polar surface area (TPSA) is 18.5 Å². The molecule has 0 aliphatic carbocycles. The van der Waals surface area contributed by atoms with Crippen molar-refractivity contribution >= 4 is 11.6 Å². The van der Waals surface area contributed by atoms with Crippen molar-refractivity contribution in [2.75, 3.05) is 14.2 Å². The molecule has 0 amide bonds. The lowest BCUT2D eigenvalue weighted by molar-refractivity contribution is 0.389. The molecule has 0 aromatic heterocycles. The summed E-state index contributed by atoms with van der Waals surface area (Å²) >= 11 is 6.12. The van der Waals surface area contributed by atoms with Crippen LogP contribution in [0.1, 0.15) is 31.7 Å². The molecule has 3 heteroatoms. The van der Waals surface area contributed by atoms with E-state index in [4.69, 9.17) is 21.1 Å². The van der Waals surface area contributed by atoms with Crippen LogP contribution in [-0.2, 0) is 0 Å². The zero-order valence-electron chi connectivity index (χ0n) is 10.6. The highest BCUT2D eigenvalue weighted by Gasteiger charge is 2.14. The third-order valence-electron chi connectivity index (χ3n) is 2.62. The van der Waals surface area contributed by atoms with Gasteiger partial charge in [0.05, 0.1) is 19.2 Å². The van der Waals surface area contributed by atoms with E-state index in [-0.39, 0.29) is 5.92 Å². The average Bonchev–Trinajstić information content (AvgIpc) is 2.35. The lowest BCUT2D eigenvalue weighted by Crippen LogP contribution is -1.98. The molecular weight excluding hydrogens is 236 g/mol. The van der Waals surface area contributed by atoms with Crippen LogP contribution in [0.25, 0.3) is 0 Å². The van der Waals surface area contributed by atoms with Gasteiger partial charge in [-0.2, -0.15) is 0 Å². The van der Waals surface area contributed by atoms with Crippen molar-refractivity contribution < 1.29 is 9.47 Å². The molecule has 0 saturated carbocycles. The van der Waals surface area contributed by atoms with E-state index in [0.29, 0.717) is 10.8 Å². The Morgan fingerprint density at radius 3 is 2.41 bits per heavy atom. The second kappa shape index (κ2) is 6.42. The molecule has 1 aromatic rings. The number of hydrogen-bond donors (Lipinski definition) is 0. The lowest BCUT2D eigenvalue weighted by atomic mass is 9.97. The highest BCUT2D eigenvalue weighted by Crippen LogP contribution is 2.37. The Morgan fingerprint density at radius 2 is 1.88 bits per heavy atom. The van der Waals surface area contributed by atoms with Gasteiger partial charge in [-0.1, -0.05) is 18.5 Å². The van der Waals surface area contributed by atoms with Crippen LogP contribution in [0.5, 0.6) is 11.5 Å². The first-order valence-corrected chi connectivity index (χ1v) is 5.82. The van der Waals surface area contributed by atoms with Gasteiger partial charge in [-0.05, 0) is 24.5 Å². The third-order valence-corrected chi connectivity index (χ3v) is 2.92. The number of hydrogen-bond acceptors (Lipinski definition) is 2. The van der Waals surface area contributed by atoms with Gasteiger partial charge >= 0.3 is 0 Å². The Labute approximate surface area is 108 Å². The van der Waals surface area contributed by atoms with Crippen molar-refractivity contribution in [3.8, 4) is 23.3 Å². The van der Waals surface area contributed by atoms with Crippen LogP contribution in [0.2, 0.25) is 5.02 Å². The van der Waals surface area contributed by atoms with Crippen molar-refractivity contribution in [1.82, 2.24) is 0 Å². The van der Waals surface area contributed by atoms with E-state index in [1.54, 1.807) is 14.2 Å². The molecule has 1 rings (SSSR count). The summed E-state index contributed by atoms with van der Waals surface area (Å²) in [5.74, 6) is 7.65. The van der Waals surface area contributed by atoms with Crippen LogP contribution < -0.4 is 9.47 Å². The molecule has 0 aliphatic heterocycles. The minimum atomic E-state index is 0.279. The summed E-state index contributed by atoms with van der Waals surface area (Å²) in [7, 11) is 3.23. The van der Waals surface area contributed by atoms with Crippen LogP contribution in [0, 0.1) is 11.8 Å². The summed E-state index contributed by atoms with van der Waals surface area (Å²) in [6.45, 7) is 3.94. The minimum Gasteiger partial charge on any atom is -0.496 e. The van der Waals surface area contributed by atoms with E-state index in [1.807, 2.05) is 19.1 Å². The van der Waals surface area contributed by atoms with Gasteiger partial charge in [-0.15, -0.1) is 11.8 Å². The normalized spacial score (nSPS) is 11.4. The van der Waals surface area contributed by atoms with E-state index in [9.17, 15) is 0 Å². The molecule has 0 saturated heterocycles. The molecule has 1 atom stereocenters. The highest BCUT2D eigenvalue weighted by molar-refractivity contribution is 6.32. The van der Waals surface area contributed by atoms with Gasteiger partial charge in [0.25, 0.3) is 0 Å². The first-order chi connectivity index (χ1) is 8.13. The van der Waals surface area contributed by atoms with E-state index >= 15 is 0 Å². The number of methoxy groups -OCH3 is 2. The van der Waals surface area contributed by atoms with Gasteiger partial charge in [-0.25, -0.2) is 0 Å². The Hall–Kier alpha value is -1.33. The zero-order valence-corrected chi connectivity index (χ0v) is 11.4. The van der Waals surface area contributed by atoms with E-state index < -0.39 is 0 Å². The fraction of sp³-hybridized carbons (Fsp3) is 0.429. The molecule has 0 fully saturated rings. The van der Waals surface area contributed by atoms with Gasteiger partial charge in [0.1, 0.15) is 11.5 Å². The van der Waals surface area contributed by atoms with Crippen LogP contribution in [0.4, 0.5) is 0 Å². The summed E-state index contributed by atoms with van der Waals surface area (Å²) in [6, 6.07) is 3.70. The first kappa shape index (κ1) is 13.7. The van der Waals surface area contributed by atoms with Crippen molar-refractivity contribution in [3.05, 3.63) is 22.7 Å². The van der Waals surface area contributed by atoms with Crippen LogP contribution >= 0.6 is 11.6 Å². The maximum absolute atomic E-state index is 6.12. The van der Waals surface area contributed by atoms with Crippen LogP contribution in [-0.4, -0.2) is 14.2 Å². The molecule has 0 heterocycles. The highest BCUT2D eigenvalue weighted by atomic mass is 35.5. The van der Waals surface area contributed by atoms with Gasteiger partial charge in [0, 0.05) is 12.5 Å². The second-order valence-corrected chi connectivity index (χ2v) is 4.17. The molecule has 0 spiro atoms. The Bertz CT molecular complexity index is 444. The van der Waals surface area contributed by atoms with Crippen LogP contribution in [0.15, 0.2) is 12.1 Å². The molecule has 17 heavy (non-hydrogen) atoms. The predicted molar refractivity (Wildman–Crippen MR) is 71.0 cm³/mol. The van der Waals surface area contributed by atoms with Gasteiger partial charge in [0.15, 0.2) is 0 Å². The predicted octanol–water partition coefficient (Wildman–Crippen LogP) is 3.87. The van der Waals surface area contributed by atoms with Crippen LogP contribution in [0.3, 0.4) is 0 Å². The maximum Gasteiger partial charge on any atom is 0.141 e. The number of halogens is 1. The molecule has 0 aliphatic rings. The van der Waals surface area contributed by atoms with E-state index in [2.05, 4.69) is 18.8 Å². The summed E-state index contributed by atoms with van der Waals surface area (Å²) in [4.78, 5) is 0. The molecule has 0 radical (unpaired) electrons. The molecule has 2 nitrogen and oxygen atoms in total. The van der Waals surface area contributed by atoms with Gasteiger partial charge in [-0.3, -0.25) is 0 Å². The molecule has 92 valence electrons. The quantitative estimate of drug-likeness (QED) is 0.758. The second-order valence-electron chi connectivity index (χ2n) is 3.76. The zero-order chi connectivity index (χ0) is 12.8. The lowest BCUT2D eigenvalue weighted by Gasteiger charge is -2.15. The Morgan fingerprint density at radius 1 is 1.24 bits per heavy atom. The fourth-order valence-corrected chi connectivity index (χ4v) is 1.88. The number of rotatable bonds is 4. The summed E-state index contributed by atoms with van der Waals surface area (Å²) < 4.78 is 10.5. The molecule has 0 N–H and O–H groups in total. The molecular formula is C14H17ClO2. The first-order valence-electron chi connectivity index (χ1n) is 5.45. The SMILES string of the molecule is CC#CCC(C)c1cc(Cl)c(OC)cc1OC. The molecule has 1 aromatic carbocycles. The Kier molecular flexibility index (Phi) is 5.18. The minimum absolute atomic E-state index is 0.279. The molecule has 0 bridgehead atoms. The average molecular weight is 253 g/mol.